The zero-order chi connectivity index (χ0) is 22.1. The molecule has 0 saturated carbocycles. The highest BCUT2D eigenvalue weighted by molar-refractivity contribution is 6.31. The first kappa shape index (κ1) is 22.2. The van der Waals surface area contributed by atoms with Gasteiger partial charge in [-0.15, -0.1) is 0 Å². The van der Waals surface area contributed by atoms with Crippen molar-refractivity contribution in [3.63, 3.8) is 0 Å². The van der Waals surface area contributed by atoms with Gasteiger partial charge in [-0.2, -0.15) is 13.2 Å². The van der Waals surface area contributed by atoms with Crippen LogP contribution in [0.5, 0.6) is 0 Å². The first-order valence-corrected chi connectivity index (χ1v) is 9.72. The average Bonchev–Trinajstić information content (AvgIpc) is 3.03. The highest BCUT2D eigenvalue weighted by Crippen LogP contribution is 2.30. The van der Waals surface area contributed by atoms with Gasteiger partial charge in [0.05, 0.1) is 5.56 Å². The topological polar surface area (TPSA) is 54.3 Å². The van der Waals surface area contributed by atoms with Crippen LogP contribution in [0.15, 0.2) is 48.5 Å². The summed E-state index contributed by atoms with van der Waals surface area (Å²) < 4.78 is 40.9. The largest absolute Gasteiger partial charge is 0.416 e. The summed E-state index contributed by atoms with van der Waals surface area (Å²) in [5.41, 5.74) is 0.163. The fourth-order valence-corrected chi connectivity index (χ4v) is 3.28. The normalized spacial score (nSPS) is 12.4. The number of aliphatic hydroxyl groups is 1. The number of carbonyl (C=O) groups excluding carboxylic acids is 1. The molecule has 1 heterocycles. The lowest BCUT2D eigenvalue weighted by Crippen LogP contribution is -2.36. The molecule has 0 spiro atoms. The molecule has 160 valence electrons. The Labute approximate surface area is 177 Å². The maximum Gasteiger partial charge on any atom is 0.416 e. The Bertz CT molecular complexity index is 1070. The Morgan fingerprint density at radius 1 is 1.13 bits per heavy atom. The van der Waals surface area contributed by atoms with E-state index in [-0.39, 0.29) is 25.6 Å². The van der Waals surface area contributed by atoms with Gasteiger partial charge in [0, 0.05) is 41.0 Å². The number of benzene rings is 2. The maximum absolute atomic E-state index is 13.1. The lowest BCUT2D eigenvalue weighted by molar-refractivity contribution is -0.137. The van der Waals surface area contributed by atoms with Crippen molar-refractivity contribution in [3.8, 4) is 0 Å². The minimum Gasteiger partial charge on any atom is -0.396 e. The highest BCUT2D eigenvalue weighted by Gasteiger charge is 2.30. The molecule has 30 heavy (non-hydrogen) atoms. The molecule has 3 rings (SSSR count). The zero-order valence-corrected chi connectivity index (χ0v) is 17.3. The van der Waals surface area contributed by atoms with Crippen molar-refractivity contribution in [1.29, 1.82) is 0 Å². The molecule has 0 aliphatic carbocycles. The fraction of sp³-hybridized carbons (Fsp3) is 0.318. The van der Waals surface area contributed by atoms with Crippen LogP contribution in [0.1, 0.15) is 35.5 Å². The van der Waals surface area contributed by atoms with Crippen LogP contribution in [0.25, 0.3) is 10.9 Å². The van der Waals surface area contributed by atoms with E-state index in [1.807, 2.05) is 13.8 Å². The quantitative estimate of drug-likeness (QED) is 0.562. The number of nitrogens with one attached hydrogen (secondary N) is 1. The van der Waals surface area contributed by atoms with Gasteiger partial charge in [-0.05, 0) is 42.0 Å². The number of halogens is 4. The van der Waals surface area contributed by atoms with E-state index in [0.717, 1.165) is 12.1 Å². The maximum atomic E-state index is 13.1. The summed E-state index contributed by atoms with van der Waals surface area (Å²) in [6.07, 6.45) is -4.45. The van der Waals surface area contributed by atoms with Crippen molar-refractivity contribution < 1.29 is 23.1 Å². The first-order valence-electron chi connectivity index (χ1n) is 9.34. The predicted octanol–water partition coefficient (Wildman–Crippen LogP) is 5.11. The summed E-state index contributed by atoms with van der Waals surface area (Å²) >= 11 is 6.07. The number of alkyl halides is 3. The molecular weight excluding hydrogens is 417 g/mol. The van der Waals surface area contributed by atoms with Gasteiger partial charge in [0.2, 0.25) is 0 Å². The van der Waals surface area contributed by atoms with Gasteiger partial charge in [0.1, 0.15) is 5.69 Å². The Kier molecular flexibility index (Phi) is 6.15. The summed E-state index contributed by atoms with van der Waals surface area (Å²) in [4.78, 5) is 12.9. The molecule has 0 fully saturated rings. The van der Waals surface area contributed by atoms with E-state index in [1.54, 1.807) is 34.9 Å². The second-order valence-electron chi connectivity index (χ2n) is 8.02. The fourth-order valence-electron chi connectivity index (χ4n) is 3.09. The first-order chi connectivity index (χ1) is 14.0. The molecule has 1 amide bonds. The summed E-state index contributed by atoms with van der Waals surface area (Å²) in [6.45, 7) is 3.85. The van der Waals surface area contributed by atoms with Crippen LogP contribution >= 0.6 is 11.6 Å². The Morgan fingerprint density at radius 2 is 1.87 bits per heavy atom. The van der Waals surface area contributed by atoms with Crippen LogP contribution in [-0.4, -0.2) is 28.7 Å². The molecule has 3 aromatic rings. The Balaban J connectivity index is 2.00. The SMILES string of the molecule is CC(C)(CO)CNC(=O)c1cc2cc(Cl)ccc2n1Cc1cccc(C(F)(F)F)c1. The van der Waals surface area contributed by atoms with Crippen molar-refractivity contribution in [3.05, 3.63) is 70.4 Å². The monoisotopic (exact) mass is 438 g/mol. The molecule has 1 aromatic heterocycles. The van der Waals surface area contributed by atoms with E-state index in [1.165, 1.54) is 6.07 Å². The van der Waals surface area contributed by atoms with Gasteiger partial charge in [0.15, 0.2) is 0 Å². The predicted molar refractivity (Wildman–Crippen MR) is 111 cm³/mol. The third kappa shape index (κ3) is 4.96. The second kappa shape index (κ2) is 8.32. The number of carbonyl (C=O) groups is 1. The van der Waals surface area contributed by atoms with Crippen molar-refractivity contribution in [2.45, 2.75) is 26.6 Å². The van der Waals surface area contributed by atoms with E-state index in [9.17, 15) is 23.1 Å². The summed E-state index contributed by atoms with van der Waals surface area (Å²) in [5, 5.41) is 13.4. The lowest BCUT2D eigenvalue weighted by atomic mass is 9.95. The molecule has 0 unspecified atom stereocenters. The van der Waals surface area contributed by atoms with E-state index >= 15 is 0 Å². The van der Waals surface area contributed by atoms with Crippen LogP contribution in [0, 0.1) is 5.41 Å². The molecule has 4 nitrogen and oxygen atoms in total. The molecule has 2 N–H and O–H groups in total. The number of aromatic nitrogens is 1. The second-order valence-corrected chi connectivity index (χ2v) is 8.46. The van der Waals surface area contributed by atoms with E-state index in [4.69, 9.17) is 11.6 Å². The molecular formula is C22H22ClF3N2O2. The number of aliphatic hydroxyl groups excluding tert-OH is 1. The van der Waals surface area contributed by atoms with Gasteiger partial charge in [-0.1, -0.05) is 37.6 Å². The third-order valence-corrected chi connectivity index (χ3v) is 5.08. The molecule has 2 aromatic carbocycles. The van der Waals surface area contributed by atoms with Crippen LogP contribution in [0.4, 0.5) is 13.2 Å². The minimum absolute atomic E-state index is 0.0845. The number of hydrogen-bond donors (Lipinski definition) is 2. The Morgan fingerprint density at radius 3 is 2.53 bits per heavy atom. The lowest BCUT2D eigenvalue weighted by Gasteiger charge is -2.22. The van der Waals surface area contributed by atoms with Gasteiger partial charge < -0.3 is 15.0 Å². The van der Waals surface area contributed by atoms with Gasteiger partial charge in [0.25, 0.3) is 5.91 Å². The van der Waals surface area contributed by atoms with Crippen LogP contribution < -0.4 is 5.32 Å². The van der Waals surface area contributed by atoms with E-state index < -0.39 is 17.2 Å². The minimum atomic E-state index is -4.45. The molecule has 0 aliphatic rings. The zero-order valence-electron chi connectivity index (χ0n) is 16.6. The van der Waals surface area contributed by atoms with Crippen molar-refractivity contribution in [2.75, 3.05) is 13.2 Å². The number of nitrogens with zero attached hydrogens (tertiary/aromatic N) is 1. The van der Waals surface area contributed by atoms with Crippen LogP contribution in [-0.2, 0) is 12.7 Å². The number of hydrogen-bond acceptors (Lipinski definition) is 2. The molecule has 8 heteroatoms. The standard InChI is InChI=1S/C22H22ClF3N2O2/c1-21(2,13-29)12-27-20(30)19-10-15-9-17(23)6-7-18(15)28(19)11-14-4-3-5-16(8-14)22(24,25)26/h3-10,29H,11-13H2,1-2H3,(H,27,30). The Hall–Kier alpha value is -2.51. The molecule has 0 aliphatic heterocycles. The van der Waals surface area contributed by atoms with Gasteiger partial charge in [-0.3, -0.25) is 4.79 Å². The van der Waals surface area contributed by atoms with E-state index in [0.29, 0.717) is 27.2 Å². The molecule has 0 radical (unpaired) electrons. The summed E-state index contributed by atoms with van der Waals surface area (Å²) in [6, 6.07) is 11.8. The average molecular weight is 439 g/mol. The van der Waals surface area contributed by atoms with Crippen LogP contribution in [0.3, 0.4) is 0 Å². The third-order valence-electron chi connectivity index (χ3n) is 4.85. The number of fused-ring (bicyclic) bond motifs is 1. The number of amides is 1. The summed E-state index contributed by atoms with van der Waals surface area (Å²) in [7, 11) is 0. The molecule has 0 bridgehead atoms. The van der Waals surface area contributed by atoms with Gasteiger partial charge in [-0.25, -0.2) is 0 Å². The van der Waals surface area contributed by atoms with Crippen LogP contribution in [0.2, 0.25) is 5.02 Å². The van der Waals surface area contributed by atoms with Crippen molar-refractivity contribution in [2.24, 2.45) is 5.41 Å². The number of rotatable bonds is 6. The highest BCUT2D eigenvalue weighted by atomic mass is 35.5. The van der Waals surface area contributed by atoms with E-state index in [2.05, 4.69) is 5.32 Å². The summed E-state index contributed by atoms with van der Waals surface area (Å²) in [5.74, 6) is -0.379. The van der Waals surface area contributed by atoms with Crippen molar-refractivity contribution in [1.82, 2.24) is 9.88 Å². The molecule has 0 atom stereocenters. The van der Waals surface area contributed by atoms with Crippen molar-refractivity contribution >= 4 is 28.4 Å². The smallest absolute Gasteiger partial charge is 0.396 e. The molecule has 0 saturated heterocycles. The van der Waals surface area contributed by atoms with Gasteiger partial charge >= 0.3 is 6.18 Å².